The highest BCUT2D eigenvalue weighted by atomic mass is 16.5. The zero-order chi connectivity index (χ0) is 8.39. The monoisotopic (exact) mass is 167 g/mol. The van der Waals surface area contributed by atoms with Crippen LogP contribution in [0.15, 0.2) is 4.52 Å². The first-order chi connectivity index (χ1) is 5.88. The summed E-state index contributed by atoms with van der Waals surface area (Å²) in [5.41, 5.74) is 0. The van der Waals surface area contributed by atoms with Crippen molar-refractivity contribution in [3.05, 3.63) is 11.7 Å². The van der Waals surface area contributed by atoms with E-state index in [0.717, 1.165) is 37.6 Å². The summed E-state index contributed by atoms with van der Waals surface area (Å²) in [6.45, 7) is 4.20. The van der Waals surface area contributed by atoms with Gasteiger partial charge in [0.05, 0.1) is 0 Å². The third kappa shape index (κ3) is 1.48. The molecule has 1 aromatic rings. The Morgan fingerprint density at radius 3 is 2.92 bits per heavy atom. The quantitative estimate of drug-likeness (QED) is 0.707. The molecule has 1 saturated heterocycles. The zero-order valence-corrected chi connectivity index (χ0v) is 7.21. The Morgan fingerprint density at radius 2 is 2.42 bits per heavy atom. The summed E-state index contributed by atoms with van der Waals surface area (Å²) in [6.07, 6.45) is 1.78. The third-order valence-corrected chi connectivity index (χ3v) is 2.15. The van der Waals surface area contributed by atoms with E-state index in [1.807, 2.05) is 6.92 Å². The molecule has 12 heavy (non-hydrogen) atoms. The lowest BCUT2D eigenvalue weighted by Crippen LogP contribution is -2.43. The van der Waals surface area contributed by atoms with Gasteiger partial charge in [-0.2, -0.15) is 4.98 Å². The Morgan fingerprint density at radius 1 is 1.58 bits per heavy atom. The van der Waals surface area contributed by atoms with E-state index in [-0.39, 0.29) is 0 Å². The Hall–Kier alpha value is -0.900. The van der Waals surface area contributed by atoms with Crippen molar-refractivity contribution in [1.29, 1.82) is 0 Å². The van der Waals surface area contributed by atoms with Crippen LogP contribution in [0.1, 0.15) is 18.6 Å². The van der Waals surface area contributed by atoms with Crippen LogP contribution in [0.2, 0.25) is 0 Å². The first-order valence-corrected chi connectivity index (χ1v) is 4.40. The average molecular weight is 167 g/mol. The first kappa shape index (κ1) is 7.73. The van der Waals surface area contributed by atoms with Crippen molar-refractivity contribution in [2.24, 2.45) is 5.92 Å². The van der Waals surface area contributed by atoms with Crippen LogP contribution in [-0.4, -0.2) is 23.2 Å². The number of hydrogen-bond acceptors (Lipinski definition) is 4. The number of nitrogens with zero attached hydrogens (tertiary/aromatic N) is 2. The van der Waals surface area contributed by atoms with E-state index in [2.05, 4.69) is 15.5 Å². The maximum atomic E-state index is 5.00. The second kappa shape index (κ2) is 3.23. The molecule has 0 amide bonds. The summed E-state index contributed by atoms with van der Waals surface area (Å²) in [5.74, 6) is 2.32. The highest BCUT2D eigenvalue weighted by Gasteiger charge is 2.19. The summed E-state index contributed by atoms with van der Waals surface area (Å²) < 4.78 is 5.00. The number of aryl methyl sites for hydroxylation is 1. The van der Waals surface area contributed by atoms with Crippen molar-refractivity contribution < 1.29 is 4.52 Å². The fourth-order valence-corrected chi connectivity index (χ4v) is 1.27. The van der Waals surface area contributed by atoms with E-state index < -0.39 is 0 Å². The Kier molecular flexibility index (Phi) is 2.08. The van der Waals surface area contributed by atoms with Crippen LogP contribution in [0.4, 0.5) is 0 Å². The normalized spacial score (nSPS) is 17.8. The molecule has 0 unspecified atom stereocenters. The molecule has 1 aliphatic rings. The van der Waals surface area contributed by atoms with Crippen LogP contribution in [0.3, 0.4) is 0 Å². The van der Waals surface area contributed by atoms with Gasteiger partial charge in [0.1, 0.15) is 0 Å². The van der Waals surface area contributed by atoms with Gasteiger partial charge in [0.25, 0.3) is 0 Å². The summed E-state index contributed by atoms with van der Waals surface area (Å²) in [6, 6.07) is 0. The van der Waals surface area contributed by atoms with Gasteiger partial charge in [-0.15, -0.1) is 0 Å². The molecule has 0 radical (unpaired) electrons. The van der Waals surface area contributed by atoms with Gasteiger partial charge in [0.2, 0.25) is 5.89 Å². The smallest absolute Gasteiger partial charge is 0.226 e. The molecule has 0 aliphatic carbocycles. The fourth-order valence-electron chi connectivity index (χ4n) is 1.27. The molecule has 1 aromatic heterocycles. The minimum Gasteiger partial charge on any atom is -0.339 e. The second-order valence-corrected chi connectivity index (χ2v) is 3.19. The lowest BCUT2D eigenvalue weighted by molar-refractivity contribution is 0.329. The number of nitrogens with one attached hydrogen (secondary N) is 1. The van der Waals surface area contributed by atoms with E-state index in [9.17, 15) is 0 Å². The molecular weight excluding hydrogens is 154 g/mol. The molecule has 1 fully saturated rings. The first-order valence-electron chi connectivity index (χ1n) is 4.40. The van der Waals surface area contributed by atoms with E-state index in [0.29, 0.717) is 5.92 Å². The molecule has 4 nitrogen and oxygen atoms in total. The SMILES string of the molecule is CCc1nc(CC2CNC2)no1. The van der Waals surface area contributed by atoms with Crippen LogP contribution in [0.5, 0.6) is 0 Å². The van der Waals surface area contributed by atoms with Gasteiger partial charge >= 0.3 is 0 Å². The highest BCUT2D eigenvalue weighted by molar-refractivity contribution is 4.91. The van der Waals surface area contributed by atoms with Gasteiger partial charge in [0, 0.05) is 12.8 Å². The maximum Gasteiger partial charge on any atom is 0.226 e. The van der Waals surface area contributed by atoms with Crippen molar-refractivity contribution in [2.75, 3.05) is 13.1 Å². The molecule has 0 spiro atoms. The largest absolute Gasteiger partial charge is 0.339 e. The lowest BCUT2D eigenvalue weighted by Gasteiger charge is -2.25. The molecule has 1 aliphatic heterocycles. The van der Waals surface area contributed by atoms with Crippen molar-refractivity contribution >= 4 is 0 Å². The van der Waals surface area contributed by atoms with Crippen molar-refractivity contribution in [2.45, 2.75) is 19.8 Å². The van der Waals surface area contributed by atoms with E-state index in [4.69, 9.17) is 4.52 Å². The van der Waals surface area contributed by atoms with Gasteiger partial charge in [0.15, 0.2) is 5.82 Å². The zero-order valence-electron chi connectivity index (χ0n) is 7.21. The van der Waals surface area contributed by atoms with E-state index >= 15 is 0 Å². The van der Waals surface area contributed by atoms with E-state index in [1.54, 1.807) is 0 Å². The Bertz CT molecular complexity index is 255. The molecule has 2 rings (SSSR count). The highest BCUT2D eigenvalue weighted by Crippen LogP contribution is 2.09. The minimum atomic E-state index is 0.715. The average Bonchev–Trinajstić information content (AvgIpc) is 2.44. The second-order valence-electron chi connectivity index (χ2n) is 3.19. The Labute approximate surface area is 71.4 Å². The summed E-state index contributed by atoms with van der Waals surface area (Å²) >= 11 is 0. The topological polar surface area (TPSA) is 51.0 Å². The van der Waals surface area contributed by atoms with Crippen LogP contribution in [0.25, 0.3) is 0 Å². The van der Waals surface area contributed by atoms with Gasteiger partial charge in [-0.3, -0.25) is 0 Å². The fraction of sp³-hybridized carbons (Fsp3) is 0.750. The van der Waals surface area contributed by atoms with Crippen molar-refractivity contribution in [1.82, 2.24) is 15.5 Å². The van der Waals surface area contributed by atoms with Gasteiger partial charge < -0.3 is 9.84 Å². The molecule has 0 atom stereocenters. The molecule has 0 bridgehead atoms. The third-order valence-electron chi connectivity index (χ3n) is 2.15. The standard InChI is InChI=1S/C8H13N3O/c1-2-8-10-7(11-12-8)3-6-4-9-5-6/h6,9H,2-5H2,1H3. The number of hydrogen-bond donors (Lipinski definition) is 1. The lowest BCUT2D eigenvalue weighted by atomic mass is 9.99. The molecule has 66 valence electrons. The van der Waals surface area contributed by atoms with Crippen LogP contribution < -0.4 is 5.32 Å². The van der Waals surface area contributed by atoms with E-state index in [1.165, 1.54) is 0 Å². The van der Waals surface area contributed by atoms with Crippen molar-refractivity contribution in [3.63, 3.8) is 0 Å². The van der Waals surface area contributed by atoms with Crippen molar-refractivity contribution in [3.8, 4) is 0 Å². The van der Waals surface area contributed by atoms with Crippen LogP contribution >= 0.6 is 0 Å². The van der Waals surface area contributed by atoms with Crippen LogP contribution in [-0.2, 0) is 12.8 Å². The predicted octanol–water partition coefficient (Wildman–Crippen LogP) is 0.394. The molecule has 0 saturated carbocycles. The summed E-state index contributed by atoms with van der Waals surface area (Å²) in [7, 11) is 0. The molecule has 1 N–H and O–H groups in total. The predicted molar refractivity (Wildman–Crippen MR) is 43.7 cm³/mol. The summed E-state index contributed by atoms with van der Waals surface area (Å²) in [4.78, 5) is 4.24. The van der Waals surface area contributed by atoms with Gasteiger partial charge in [-0.25, -0.2) is 0 Å². The van der Waals surface area contributed by atoms with Crippen LogP contribution in [0, 0.1) is 5.92 Å². The maximum absolute atomic E-state index is 5.00. The molecule has 2 heterocycles. The van der Waals surface area contributed by atoms with Gasteiger partial charge in [-0.1, -0.05) is 12.1 Å². The number of aromatic nitrogens is 2. The molecule has 0 aromatic carbocycles. The molecular formula is C8H13N3O. The molecule has 4 heteroatoms. The minimum absolute atomic E-state index is 0.715. The van der Waals surface area contributed by atoms with Gasteiger partial charge in [-0.05, 0) is 19.0 Å². The Balaban J connectivity index is 1.93. The number of rotatable bonds is 3. The summed E-state index contributed by atoms with van der Waals surface area (Å²) in [5, 5.41) is 7.11.